The van der Waals surface area contributed by atoms with Gasteiger partial charge in [0.25, 0.3) is 5.56 Å². The predicted molar refractivity (Wildman–Crippen MR) is 124 cm³/mol. The van der Waals surface area contributed by atoms with Crippen molar-refractivity contribution >= 4 is 43.2 Å². The molecule has 0 radical (unpaired) electrons. The highest BCUT2D eigenvalue weighted by Gasteiger charge is 2.26. The van der Waals surface area contributed by atoms with Crippen LogP contribution in [-0.4, -0.2) is 41.3 Å². The zero-order valence-electron chi connectivity index (χ0n) is 17.5. The summed E-state index contributed by atoms with van der Waals surface area (Å²) in [6.07, 6.45) is 7.06. The zero-order chi connectivity index (χ0) is 22.3. The predicted octanol–water partition coefficient (Wildman–Crippen LogP) is 2.76. The molecule has 1 fully saturated rings. The van der Waals surface area contributed by atoms with Crippen LogP contribution in [0.4, 0.5) is 5.69 Å². The number of hydrogen-bond acceptors (Lipinski definition) is 6. The lowest BCUT2D eigenvalue weighted by Gasteiger charge is -2.26. The van der Waals surface area contributed by atoms with Crippen LogP contribution in [0.1, 0.15) is 36.1 Å². The molecule has 2 aromatic heterocycles. The minimum Gasteiger partial charge on any atom is -0.324 e. The van der Waals surface area contributed by atoms with Crippen molar-refractivity contribution < 1.29 is 13.2 Å². The van der Waals surface area contributed by atoms with Crippen LogP contribution < -0.4 is 10.9 Å². The Morgan fingerprint density at radius 3 is 2.75 bits per heavy atom. The largest absolute Gasteiger partial charge is 0.324 e. The van der Waals surface area contributed by atoms with Gasteiger partial charge in [0, 0.05) is 23.7 Å². The fourth-order valence-electron chi connectivity index (χ4n) is 4.48. The molecule has 5 rings (SSSR count). The third kappa shape index (κ3) is 3.87. The van der Waals surface area contributed by atoms with Gasteiger partial charge in [-0.15, -0.1) is 11.3 Å². The lowest BCUT2D eigenvalue weighted by atomic mass is 10.2. The number of rotatable bonds is 5. The fourth-order valence-corrected chi connectivity index (χ4v) is 7.26. The third-order valence-electron chi connectivity index (χ3n) is 6.08. The maximum Gasteiger partial charge on any atom is 0.262 e. The Morgan fingerprint density at radius 2 is 1.94 bits per heavy atom. The van der Waals surface area contributed by atoms with E-state index in [0.29, 0.717) is 24.2 Å². The van der Waals surface area contributed by atoms with Crippen LogP contribution in [0.3, 0.4) is 0 Å². The van der Waals surface area contributed by atoms with E-state index in [1.54, 1.807) is 29.5 Å². The van der Waals surface area contributed by atoms with Crippen molar-refractivity contribution in [2.75, 3.05) is 18.4 Å². The molecule has 0 unspecified atom stereocenters. The molecule has 1 saturated heterocycles. The second kappa shape index (κ2) is 8.42. The number of nitrogens with zero attached hydrogens (tertiary/aromatic N) is 3. The molecule has 8 nitrogen and oxygen atoms in total. The summed E-state index contributed by atoms with van der Waals surface area (Å²) >= 11 is 1.56. The van der Waals surface area contributed by atoms with Gasteiger partial charge in [0.15, 0.2) is 0 Å². The molecule has 3 aromatic rings. The van der Waals surface area contributed by atoms with E-state index < -0.39 is 15.9 Å². The van der Waals surface area contributed by atoms with E-state index in [0.717, 1.165) is 48.9 Å². The summed E-state index contributed by atoms with van der Waals surface area (Å²) in [5.41, 5.74) is 1.26. The number of carbonyl (C=O) groups excluding carboxylic acids is 1. The van der Waals surface area contributed by atoms with Gasteiger partial charge in [-0.25, -0.2) is 13.4 Å². The fraction of sp³-hybridized carbons (Fsp3) is 0.409. The molecule has 10 heteroatoms. The number of nitrogens with one attached hydrogen (secondary N) is 1. The maximum absolute atomic E-state index is 13.0. The summed E-state index contributed by atoms with van der Waals surface area (Å²) in [6, 6.07) is 6.26. The van der Waals surface area contributed by atoms with E-state index in [-0.39, 0.29) is 17.0 Å². The molecule has 1 aromatic carbocycles. The molecular weight excluding hydrogens is 448 g/mol. The first-order valence-corrected chi connectivity index (χ1v) is 13.1. The Labute approximate surface area is 189 Å². The summed E-state index contributed by atoms with van der Waals surface area (Å²) in [6.45, 7) is 0.850. The molecule has 1 amide bonds. The molecule has 0 spiro atoms. The lowest BCUT2D eigenvalue weighted by Crippen LogP contribution is -2.35. The van der Waals surface area contributed by atoms with Crippen molar-refractivity contribution in [3.63, 3.8) is 0 Å². The SMILES string of the molecule is O=C(Cn1cnc2sc3c(c2c1=O)CCC3)Nc1cccc(S(=O)(=O)N2CCCCC2)c1. The number of fused-ring (bicyclic) bond motifs is 3. The number of aryl methyl sites for hydroxylation is 2. The molecule has 2 aliphatic rings. The van der Waals surface area contributed by atoms with Crippen LogP contribution in [-0.2, 0) is 34.2 Å². The van der Waals surface area contributed by atoms with Gasteiger partial charge in [-0.2, -0.15) is 4.31 Å². The molecule has 3 heterocycles. The van der Waals surface area contributed by atoms with Gasteiger partial charge in [0.2, 0.25) is 15.9 Å². The number of thiophene rings is 1. The maximum atomic E-state index is 13.0. The van der Waals surface area contributed by atoms with E-state index in [4.69, 9.17) is 0 Å². The minimum absolute atomic E-state index is 0.159. The van der Waals surface area contributed by atoms with Gasteiger partial charge in [-0.1, -0.05) is 12.5 Å². The quantitative estimate of drug-likeness (QED) is 0.615. The Balaban J connectivity index is 1.34. The number of aromatic nitrogens is 2. The van der Waals surface area contributed by atoms with Crippen molar-refractivity contribution in [1.29, 1.82) is 0 Å². The van der Waals surface area contributed by atoms with Crippen molar-refractivity contribution in [2.45, 2.75) is 50.0 Å². The smallest absolute Gasteiger partial charge is 0.262 e. The molecule has 0 bridgehead atoms. The van der Waals surface area contributed by atoms with E-state index in [2.05, 4.69) is 10.3 Å². The Kier molecular flexibility index (Phi) is 5.60. The topological polar surface area (TPSA) is 101 Å². The van der Waals surface area contributed by atoms with Gasteiger partial charge in [-0.3, -0.25) is 14.2 Å². The monoisotopic (exact) mass is 472 g/mol. The molecule has 1 aliphatic carbocycles. The summed E-state index contributed by atoms with van der Waals surface area (Å²) in [5.74, 6) is -0.410. The van der Waals surface area contributed by atoms with Crippen LogP contribution >= 0.6 is 11.3 Å². The first-order valence-electron chi connectivity index (χ1n) is 10.8. The Morgan fingerprint density at radius 1 is 1.12 bits per heavy atom. The summed E-state index contributed by atoms with van der Waals surface area (Å²) in [4.78, 5) is 32.1. The normalized spacial score (nSPS) is 16.9. The average molecular weight is 473 g/mol. The number of amides is 1. The van der Waals surface area contributed by atoms with E-state index in [9.17, 15) is 18.0 Å². The number of carbonyl (C=O) groups is 1. The van der Waals surface area contributed by atoms with Crippen LogP contribution in [0.2, 0.25) is 0 Å². The molecule has 0 atom stereocenters. The van der Waals surface area contributed by atoms with Crippen LogP contribution in [0.5, 0.6) is 0 Å². The first-order chi connectivity index (χ1) is 15.4. The van der Waals surface area contributed by atoms with Crippen molar-refractivity contribution in [2.24, 2.45) is 0 Å². The first kappa shape index (κ1) is 21.3. The standard InChI is InChI=1S/C22H24N4O4S2/c27-19(13-25-14-23-21-20(22(25)28)17-8-5-9-18(17)31-21)24-15-6-4-7-16(12-15)32(29,30)26-10-2-1-3-11-26/h4,6-7,12,14H,1-3,5,8-11,13H2,(H,24,27). The second-order valence-electron chi connectivity index (χ2n) is 8.26. The van der Waals surface area contributed by atoms with Crippen molar-refractivity contribution in [3.05, 3.63) is 51.4 Å². The van der Waals surface area contributed by atoms with Crippen molar-refractivity contribution in [3.8, 4) is 0 Å². The Hall–Kier alpha value is -2.56. The van der Waals surface area contributed by atoms with E-state index in [1.165, 1.54) is 26.1 Å². The molecule has 1 N–H and O–H groups in total. The lowest BCUT2D eigenvalue weighted by molar-refractivity contribution is -0.116. The summed E-state index contributed by atoms with van der Waals surface area (Å²) in [7, 11) is -3.59. The minimum atomic E-state index is -3.59. The van der Waals surface area contributed by atoms with E-state index >= 15 is 0 Å². The van der Waals surface area contributed by atoms with E-state index in [1.807, 2.05) is 0 Å². The highest BCUT2D eigenvalue weighted by Crippen LogP contribution is 2.34. The molecule has 32 heavy (non-hydrogen) atoms. The number of piperidine rings is 1. The second-order valence-corrected chi connectivity index (χ2v) is 11.3. The number of anilines is 1. The molecule has 1 aliphatic heterocycles. The molecular formula is C22H24N4O4S2. The molecule has 0 saturated carbocycles. The van der Waals surface area contributed by atoms with Gasteiger partial charge in [0.05, 0.1) is 16.6 Å². The number of sulfonamides is 1. The number of benzene rings is 1. The van der Waals surface area contributed by atoms with Gasteiger partial charge >= 0.3 is 0 Å². The van der Waals surface area contributed by atoms with Crippen LogP contribution in [0.15, 0.2) is 40.3 Å². The van der Waals surface area contributed by atoms with Crippen molar-refractivity contribution in [1.82, 2.24) is 13.9 Å². The Bertz CT molecular complexity index is 1350. The highest BCUT2D eigenvalue weighted by atomic mass is 32.2. The summed E-state index contributed by atoms with van der Waals surface area (Å²) in [5, 5.41) is 3.35. The molecule has 168 valence electrons. The van der Waals surface area contributed by atoms with Crippen LogP contribution in [0, 0.1) is 0 Å². The summed E-state index contributed by atoms with van der Waals surface area (Å²) < 4.78 is 28.6. The highest BCUT2D eigenvalue weighted by molar-refractivity contribution is 7.89. The van der Waals surface area contributed by atoms with Gasteiger partial charge in [-0.05, 0) is 55.9 Å². The zero-order valence-corrected chi connectivity index (χ0v) is 19.2. The number of hydrogen-bond donors (Lipinski definition) is 1. The average Bonchev–Trinajstić information content (AvgIpc) is 3.38. The van der Waals surface area contributed by atoms with Gasteiger partial charge in [0.1, 0.15) is 11.4 Å². The van der Waals surface area contributed by atoms with Gasteiger partial charge < -0.3 is 5.32 Å². The third-order valence-corrected chi connectivity index (χ3v) is 9.17. The van der Waals surface area contributed by atoms with Crippen LogP contribution in [0.25, 0.3) is 10.2 Å².